The maximum atomic E-state index is 12.8. The lowest BCUT2D eigenvalue weighted by atomic mass is 9.87. The van der Waals surface area contributed by atoms with E-state index in [2.05, 4.69) is 6.92 Å². The van der Waals surface area contributed by atoms with Crippen molar-refractivity contribution < 1.29 is 14.4 Å². The molecule has 2 heterocycles. The van der Waals surface area contributed by atoms with Crippen molar-refractivity contribution in [2.24, 2.45) is 11.3 Å². The Morgan fingerprint density at radius 3 is 1.91 bits per heavy atom. The van der Waals surface area contributed by atoms with Gasteiger partial charge in [-0.15, -0.1) is 0 Å². The molecule has 0 aliphatic carbocycles. The molecule has 0 N–H and O–H groups in total. The molecule has 2 fully saturated rings. The highest BCUT2D eigenvalue weighted by Gasteiger charge is 2.43. The van der Waals surface area contributed by atoms with Gasteiger partial charge in [-0.1, -0.05) is 6.92 Å². The number of piperidine rings is 1. The van der Waals surface area contributed by atoms with Crippen molar-refractivity contribution in [3.63, 3.8) is 0 Å². The maximum absolute atomic E-state index is 12.8. The van der Waals surface area contributed by atoms with Gasteiger partial charge in [-0.2, -0.15) is 0 Å². The largest absolute Gasteiger partial charge is 0.342 e. The summed E-state index contributed by atoms with van der Waals surface area (Å²) < 4.78 is 0. The van der Waals surface area contributed by atoms with Crippen molar-refractivity contribution in [2.75, 3.05) is 39.3 Å². The van der Waals surface area contributed by atoms with Crippen LogP contribution in [0.3, 0.4) is 0 Å². The SMILES string of the molecule is CC(=O)N1CCN(C(=O)C(C)(C)C(=O)N2CCCC(C)C2)CC1. The normalized spacial score (nSPS) is 23.0. The number of hydrogen-bond acceptors (Lipinski definition) is 3. The van der Waals surface area contributed by atoms with E-state index in [9.17, 15) is 14.4 Å². The second-order valence-corrected chi connectivity index (χ2v) is 7.42. The molecule has 130 valence electrons. The molecule has 2 saturated heterocycles. The van der Waals surface area contributed by atoms with Crippen LogP contribution >= 0.6 is 0 Å². The van der Waals surface area contributed by atoms with E-state index in [0.717, 1.165) is 25.9 Å². The molecule has 2 rings (SSSR count). The van der Waals surface area contributed by atoms with Crippen LogP contribution in [-0.4, -0.2) is 71.7 Å². The Morgan fingerprint density at radius 2 is 1.39 bits per heavy atom. The van der Waals surface area contributed by atoms with Gasteiger partial charge in [0, 0.05) is 46.2 Å². The highest BCUT2D eigenvalue weighted by Crippen LogP contribution is 2.26. The van der Waals surface area contributed by atoms with Gasteiger partial charge < -0.3 is 14.7 Å². The molecule has 3 amide bonds. The highest BCUT2D eigenvalue weighted by molar-refractivity contribution is 6.04. The number of nitrogens with zero attached hydrogens (tertiary/aromatic N) is 3. The molecule has 0 aromatic carbocycles. The van der Waals surface area contributed by atoms with Crippen molar-refractivity contribution in [3.05, 3.63) is 0 Å². The average molecular weight is 323 g/mol. The Morgan fingerprint density at radius 1 is 0.870 bits per heavy atom. The first-order chi connectivity index (χ1) is 10.7. The fourth-order valence-corrected chi connectivity index (χ4v) is 3.48. The van der Waals surface area contributed by atoms with Crippen molar-refractivity contribution >= 4 is 17.7 Å². The lowest BCUT2D eigenvalue weighted by Gasteiger charge is -2.40. The highest BCUT2D eigenvalue weighted by atomic mass is 16.2. The van der Waals surface area contributed by atoms with Crippen LogP contribution in [0.4, 0.5) is 0 Å². The molecule has 2 aliphatic rings. The van der Waals surface area contributed by atoms with Crippen molar-refractivity contribution in [1.82, 2.24) is 14.7 Å². The lowest BCUT2D eigenvalue weighted by Crippen LogP contribution is -2.57. The molecule has 23 heavy (non-hydrogen) atoms. The van der Waals surface area contributed by atoms with E-state index in [0.29, 0.717) is 32.1 Å². The van der Waals surface area contributed by atoms with Crippen molar-refractivity contribution in [2.45, 2.75) is 40.5 Å². The van der Waals surface area contributed by atoms with Gasteiger partial charge >= 0.3 is 0 Å². The first kappa shape index (κ1) is 17.8. The van der Waals surface area contributed by atoms with Gasteiger partial charge in [-0.25, -0.2) is 0 Å². The summed E-state index contributed by atoms with van der Waals surface area (Å²) >= 11 is 0. The Kier molecular flexibility index (Phi) is 5.32. The maximum Gasteiger partial charge on any atom is 0.237 e. The van der Waals surface area contributed by atoms with Gasteiger partial charge in [0.25, 0.3) is 0 Å². The summed E-state index contributed by atoms with van der Waals surface area (Å²) in [5, 5.41) is 0. The molecule has 1 unspecified atom stereocenters. The van der Waals surface area contributed by atoms with Crippen LogP contribution in [0.1, 0.15) is 40.5 Å². The van der Waals surface area contributed by atoms with Gasteiger partial charge in [0.05, 0.1) is 0 Å². The number of carbonyl (C=O) groups excluding carboxylic acids is 3. The van der Waals surface area contributed by atoms with Gasteiger partial charge in [-0.05, 0) is 32.6 Å². The summed E-state index contributed by atoms with van der Waals surface area (Å²) in [4.78, 5) is 42.4. The molecule has 0 aromatic rings. The van der Waals surface area contributed by atoms with Crippen LogP contribution in [0.25, 0.3) is 0 Å². The van der Waals surface area contributed by atoms with Crippen molar-refractivity contribution in [1.29, 1.82) is 0 Å². The standard InChI is InChI=1S/C17H29N3O3/c1-13-6-5-7-20(12-13)16(23)17(3,4)15(22)19-10-8-18(9-11-19)14(2)21/h13H,5-12H2,1-4H3. The number of hydrogen-bond donors (Lipinski definition) is 0. The summed E-state index contributed by atoms with van der Waals surface area (Å²) in [5.41, 5.74) is -1.03. The molecule has 6 heteroatoms. The minimum atomic E-state index is -1.03. The summed E-state index contributed by atoms with van der Waals surface area (Å²) in [6.07, 6.45) is 2.15. The summed E-state index contributed by atoms with van der Waals surface area (Å²) in [6.45, 7) is 10.8. The van der Waals surface area contributed by atoms with E-state index in [1.165, 1.54) is 0 Å². The number of carbonyl (C=O) groups is 3. The minimum Gasteiger partial charge on any atom is -0.342 e. The second-order valence-electron chi connectivity index (χ2n) is 7.42. The van der Waals surface area contributed by atoms with Crippen LogP contribution in [0.2, 0.25) is 0 Å². The van der Waals surface area contributed by atoms with Crippen molar-refractivity contribution in [3.8, 4) is 0 Å². The fraction of sp³-hybridized carbons (Fsp3) is 0.824. The molecule has 2 aliphatic heterocycles. The number of rotatable bonds is 2. The van der Waals surface area contributed by atoms with Crippen LogP contribution in [0, 0.1) is 11.3 Å². The molecule has 0 radical (unpaired) electrons. The summed E-state index contributed by atoms with van der Waals surface area (Å²) in [7, 11) is 0. The van der Waals surface area contributed by atoms with Crippen LogP contribution in [-0.2, 0) is 14.4 Å². The second kappa shape index (κ2) is 6.89. The monoisotopic (exact) mass is 323 g/mol. The number of amides is 3. The zero-order chi connectivity index (χ0) is 17.2. The van der Waals surface area contributed by atoms with Crippen LogP contribution in [0.15, 0.2) is 0 Å². The minimum absolute atomic E-state index is 0.0368. The fourth-order valence-electron chi connectivity index (χ4n) is 3.48. The Bertz CT molecular complexity index is 481. The molecule has 6 nitrogen and oxygen atoms in total. The third-order valence-electron chi connectivity index (χ3n) is 5.03. The smallest absolute Gasteiger partial charge is 0.237 e. The van der Waals surface area contributed by atoms with E-state index >= 15 is 0 Å². The predicted octanol–water partition coefficient (Wildman–Crippen LogP) is 0.962. The molecule has 0 aromatic heterocycles. The molecule has 0 saturated carbocycles. The quantitative estimate of drug-likeness (QED) is 0.711. The van der Waals surface area contributed by atoms with Gasteiger partial charge in [0.1, 0.15) is 5.41 Å². The topological polar surface area (TPSA) is 60.9 Å². The third-order valence-corrected chi connectivity index (χ3v) is 5.03. The molecular formula is C17H29N3O3. The Balaban J connectivity index is 1.99. The summed E-state index contributed by atoms with van der Waals surface area (Å²) in [6, 6.07) is 0. The number of piperazine rings is 1. The van der Waals surface area contributed by atoms with Gasteiger partial charge in [-0.3, -0.25) is 14.4 Å². The van der Waals surface area contributed by atoms with E-state index in [-0.39, 0.29) is 17.7 Å². The Hall–Kier alpha value is -1.59. The molecule has 1 atom stereocenters. The van der Waals surface area contributed by atoms with Crippen LogP contribution in [0.5, 0.6) is 0 Å². The zero-order valence-electron chi connectivity index (χ0n) is 14.8. The molecular weight excluding hydrogens is 294 g/mol. The number of likely N-dealkylation sites (tertiary alicyclic amines) is 1. The summed E-state index contributed by atoms with van der Waals surface area (Å²) in [5.74, 6) is 0.347. The third kappa shape index (κ3) is 3.85. The zero-order valence-corrected chi connectivity index (χ0v) is 14.8. The van der Waals surface area contributed by atoms with E-state index < -0.39 is 5.41 Å². The lowest BCUT2D eigenvalue weighted by molar-refractivity contribution is -0.157. The first-order valence-corrected chi connectivity index (χ1v) is 8.57. The molecule has 0 bridgehead atoms. The molecule has 0 spiro atoms. The van der Waals surface area contributed by atoms with E-state index in [1.807, 2.05) is 4.90 Å². The van der Waals surface area contributed by atoms with Gasteiger partial charge in [0.15, 0.2) is 0 Å². The van der Waals surface area contributed by atoms with E-state index in [1.54, 1.807) is 30.6 Å². The Labute approximate surface area is 138 Å². The van der Waals surface area contributed by atoms with Gasteiger partial charge in [0.2, 0.25) is 17.7 Å². The van der Waals surface area contributed by atoms with Crippen LogP contribution < -0.4 is 0 Å². The first-order valence-electron chi connectivity index (χ1n) is 8.57. The van der Waals surface area contributed by atoms with E-state index in [4.69, 9.17) is 0 Å². The predicted molar refractivity (Wildman–Crippen MR) is 87.6 cm³/mol. The average Bonchev–Trinajstić information content (AvgIpc) is 2.53.